The lowest BCUT2D eigenvalue weighted by atomic mass is 10.0. The van der Waals surface area contributed by atoms with Crippen molar-refractivity contribution < 1.29 is 9.53 Å². The number of benzene rings is 2. The van der Waals surface area contributed by atoms with Crippen molar-refractivity contribution in [2.75, 3.05) is 26.7 Å². The summed E-state index contributed by atoms with van der Waals surface area (Å²) in [6.07, 6.45) is 5.73. The standard InChI is InChI=1S/C22H25ClN2O2/c1-27-21-7-3-2-6-19(21)20(25-14-4-5-15-25)16-24-22(26)13-10-17-8-11-18(23)12-9-17/h2-3,6-13,20H,4-5,14-16H2,1H3,(H,24,26)/b13-10+. The van der Waals surface area contributed by atoms with Crippen LogP contribution in [0.3, 0.4) is 0 Å². The van der Waals surface area contributed by atoms with Crippen molar-refractivity contribution >= 4 is 23.6 Å². The molecule has 5 heteroatoms. The number of para-hydroxylation sites is 1. The molecular weight excluding hydrogens is 360 g/mol. The normalized spacial score (nSPS) is 15.8. The summed E-state index contributed by atoms with van der Waals surface area (Å²) in [6.45, 7) is 2.63. The molecule has 4 nitrogen and oxygen atoms in total. The molecular formula is C22H25ClN2O2. The number of rotatable bonds is 7. The molecule has 1 saturated heterocycles. The molecule has 2 aromatic carbocycles. The van der Waals surface area contributed by atoms with Gasteiger partial charge in [-0.2, -0.15) is 0 Å². The van der Waals surface area contributed by atoms with Gasteiger partial charge < -0.3 is 10.1 Å². The predicted molar refractivity (Wildman–Crippen MR) is 110 cm³/mol. The number of hydrogen-bond acceptors (Lipinski definition) is 3. The highest BCUT2D eigenvalue weighted by Crippen LogP contribution is 2.31. The molecule has 2 aromatic rings. The summed E-state index contributed by atoms with van der Waals surface area (Å²) in [7, 11) is 1.69. The van der Waals surface area contributed by atoms with E-state index in [9.17, 15) is 4.79 Å². The van der Waals surface area contributed by atoms with E-state index in [4.69, 9.17) is 16.3 Å². The van der Waals surface area contributed by atoms with E-state index in [-0.39, 0.29) is 11.9 Å². The summed E-state index contributed by atoms with van der Waals surface area (Å²) in [5, 5.41) is 3.72. The van der Waals surface area contributed by atoms with Crippen LogP contribution in [0.4, 0.5) is 0 Å². The number of likely N-dealkylation sites (tertiary alicyclic amines) is 1. The van der Waals surface area contributed by atoms with Crippen molar-refractivity contribution in [3.8, 4) is 5.75 Å². The van der Waals surface area contributed by atoms with Crippen molar-refractivity contribution in [1.82, 2.24) is 10.2 Å². The summed E-state index contributed by atoms with van der Waals surface area (Å²) in [5.74, 6) is 0.754. The van der Waals surface area contributed by atoms with Gasteiger partial charge in [0, 0.05) is 23.2 Å². The minimum absolute atomic E-state index is 0.107. The maximum absolute atomic E-state index is 12.3. The average molecular weight is 385 g/mol. The van der Waals surface area contributed by atoms with Gasteiger partial charge in [0.1, 0.15) is 5.75 Å². The fourth-order valence-electron chi connectivity index (χ4n) is 3.43. The molecule has 1 fully saturated rings. The molecule has 1 unspecified atom stereocenters. The van der Waals surface area contributed by atoms with Crippen molar-refractivity contribution in [3.63, 3.8) is 0 Å². The van der Waals surface area contributed by atoms with E-state index in [1.165, 1.54) is 12.8 Å². The molecule has 0 bridgehead atoms. The van der Waals surface area contributed by atoms with Crippen LogP contribution in [0.25, 0.3) is 6.08 Å². The second-order valence-corrected chi connectivity index (χ2v) is 7.07. The van der Waals surface area contributed by atoms with Crippen LogP contribution in [0.2, 0.25) is 5.02 Å². The van der Waals surface area contributed by atoms with Crippen LogP contribution in [0.1, 0.15) is 30.0 Å². The molecule has 1 N–H and O–H groups in total. The van der Waals surface area contributed by atoms with Crippen LogP contribution in [-0.2, 0) is 4.79 Å². The topological polar surface area (TPSA) is 41.6 Å². The number of halogens is 1. The Morgan fingerprint density at radius 3 is 2.59 bits per heavy atom. The Morgan fingerprint density at radius 2 is 1.89 bits per heavy atom. The molecule has 0 spiro atoms. The molecule has 142 valence electrons. The van der Waals surface area contributed by atoms with Crippen LogP contribution in [0, 0.1) is 0 Å². The number of carbonyl (C=O) groups is 1. The number of ether oxygens (including phenoxy) is 1. The molecule has 0 radical (unpaired) electrons. The first-order valence-electron chi connectivity index (χ1n) is 9.26. The maximum atomic E-state index is 12.3. The Morgan fingerprint density at radius 1 is 1.19 bits per heavy atom. The first-order chi connectivity index (χ1) is 13.2. The quantitative estimate of drug-likeness (QED) is 0.723. The molecule has 27 heavy (non-hydrogen) atoms. The van der Waals surface area contributed by atoms with E-state index in [0.717, 1.165) is 30.0 Å². The Hall–Kier alpha value is -2.30. The fraction of sp³-hybridized carbons (Fsp3) is 0.318. The Labute approximate surface area is 165 Å². The highest BCUT2D eigenvalue weighted by atomic mass is 35.5. The molecule has 0 aliphatic carbocycles. The van der Waals surface area contributed by atoms with Crippen LogP contribution in [0.5, 0.6) is 5.75 Å². The van der Waals surface area contributed by atoms with E-state index in [1.54, 1.807) is 19.3 Å². The maximum Gasteiger partial charge on any atom is 0.244 e. The number of hydrogen-bond donors (Lipinski definition) is 1. The minimum atomic E-state index is -0.107. The number of carbonyl (C=O) groups excluding carboxylic acids is 1. The zero-order valence-corrected chi connectivity index (χ0v) is 16.3. The van der Waals surface area contributed by atoms with Gasteiger partial charge >= 0.3 is 0 Å². The lowest BCUT2D eigenvalue weighted by Gasteiger charge is -2.29. The number of nitrogens with one attached hydrogen (secondary N) is 1. The first-order valence-corrected chi connectivity index (χ1v) is 9.63. The minimum Gasteiger partial charge on any atom is -0.496 e. The van der Waals surface area contributed by atoms with E-state index < -0.39 is 0 Å². The smallest absolute Gasteiger partial charge is 0.244 e. The van der Waals surface area contributed by atoms with Crippen molar-refractivity contribution in [1.29, 1.82) is 0 Å². The second-order valence-electron chi connectivity index (χ2n) is 6.63. The lowest BCUT2D eigenvalue weighted by molar-refractivity contribution is -0.116. The van der Waals surface area contributed by atoms with Crippen LogP contribution >= 0.6 is 11.6 Å². The Bertz CT molecular complexity index is 783. The monoisotopic (exact) mass is 384 g/mol. The van der Waals surface area contributed by atoms with Gasteiger partial charge in [-0.05, 0) is 55.8 Å². The van der Waals surface area contributed by atoms with Gasteiger partial charge in [-0.15, -0.1) is 0 Å². The van der Waals surface area contributed by atoms with Crippen LogP contribution in [-0.4, -0.2) is 37.6 Å². The third-order valence-electron chi connectivity index (χ3n) is 4.85. The summed E-state index contributed by atoms with van der Waals surface area (Å²) < 4.78 is 5.54. The van der Waals surface area contributed by atoms with Crippen LogP contribution < -0.4 is 10.1 Å². The zero-order valence-electron chi connectivity index (χ0n) is 15.5. The van der Waals surface area contributed by atoms with Gasteiger partial charge in [0.25, 0.3) is 0 Å². The first kappa shape index (κ1) is 19.5. The van der Waals surface area contributed by atoms with Gasteiger partial charge in [0.2, 0.25) is 5.91 Å². The third kappa shape index (κ3) is 5.34. The molecule has 0 saturated carbocycles. The molecule has 1 aliphatic rings. The molecule has 3 rings (SSSR count). The van der Waals surface area contributed by atoms with E-state index >= 15 is 0 Å². The predicted octanol–water partition coefficient (Wildman–Crippen LogP) is 4.32. The molecule has 1 atom stereocenters. The van der Waals surface area contributed by atoms with E-state index in [1.807, 2.05) is 42.5 Å². The average Bonchev–Trinajstić information content (AvgIpc) is 3.22. The van der Waals surface area contributed by atoms with Crippen molar-refractivity contribution in [3.05, 3.63) is 70.8 Å². The third-order valence-corrected chi connectivity index (χ3v) is 5.10. The summed E-state index contributed by atoms with van der Waals surface area (Å²) in [4.78, 5) is 14.7. The number of amides is 1. The van der Waals surface area contributed by atoms with Gasteiger partial charge in [-0.25, -0.2) is 0 Å². The van der Waals surface area contributed by atoms with Crippen LogP contribution in [0.15, 0.2) is 54.6 Å². The van der Waals surface area contributed by atoms with Gasteiger partial charge in [0.15, 0.2) is 0 Å². The fourth-order valence-corrected chi connectivity index (χ4v) is 3.56. The molecule has 0 aromatic heterocycles. The van der Waals surface area contributed by atoms with Gasteiger partial charge in [-0.3, -0.25) is 9.69 Å². The summed E-state index contributed by atoms with van der Waals surface area (Å²) in [6, 6.07) is 15.5. The number of nitrogens with zero attached hydrogens (tertiary/aromatic N) is 1. The summed E-state index contributed by atoms with van der Waals surface area (Å²) >= 11 is 5.89. The second kappa shape index (κ2) is 9.58. The van der Waals surface area contributed by atoms with E-state index in [2.05, 4.69) is 16.3 Å². The molecule has 1 heterocycles. The zero-order chi connectivity index (χ0) is 19.1. The summed E-state index contributed by atoms with van der Waals surface area (Å²) in [5.41, 5.74) is 2.05. The highest BCUT2D eigenvalue weighted by molar-refractivity contribution is 6.30. The van der Waals surface area contributed by atoms with Crippen molar-refractivity contribution in [2.45, 2.75) is 18.9 Å². The number of methoxy groups -OCH3 is 1. The Balaban J connectivity index is 1.67. The lowest BCUT2D eigenvalue weighted by Crippen LogP contribution is -2.36. The SMILES string of the molecule is COc1ccccc1C(CNC(=O)/C=C/c1ccc(Cl)cc1)N1CCCC1. The van der Waals surface area contributed by atoms with Gasteiger partial charge in [0.05, 0.1) is 13.2 Å². The largest absolute Gasteiger partial charge is 0.496 e. The van der Waals surface area contributed by atoms with Crippen molar-refractivity contribution in [2.24, 2.45) is 0 Å². The molecule has 1 aliphatic heterocycles. The van der Waals surface area contributed by atoms with Gasteiger partial charge in [-0.1, -0.05) is 41.9 Å². The molecule has 1 amide bonds. The highest BCUT2D eigenvalue weighted by Gasteiger charge is 2.25. The van der Waals surface area contributed by atoms with E-state index in [0.29, 0.717) is 11.6 Å². The Kier molecular flexibility index (Phi) is 6.91.